The van der Waals surface area contributed by atoms with E-state index in [-0.39, 0.29) is 5.79 Å². The van der Waals surface area contributed by atoms with E-state index in [1.807, 2.05) is 18.2 Å². The zero-order valence-electron chi connectivity index (χ0n) is 13.5. The lowest BCUT2D eigenvalue weighted by atomic mass is 9.90. The number of hydrogen-bond donors (Lipinski definition) is 1. The molecule has 124 valence electrons. The van der Waals surface area contributed by atoms with E-state index < -0.39 is 0 Å². The molecule has 2 aromatic rings. The average Bonchev–Trinajstić information content (AvgIpc) is 3.20. The molecule has 1 saturated carbocycles. The van der Waals surface area contributed by atoms with Crippen LogP contribution >= 0.6 is 0 Å². The highest BCUT2D eigenvalue weighted by molar-refractivity contribution is 5.79. The number of ether oxygens (including phenoxy) is 3. The fourth-order valence-corrected chi connectivity index (χ4v) is 3.58. The maximum Gasteiger partial charge on any atom is 0.168 e. The Bertz CT molecular complexity index is 665. The third-order valence-corrected chi connectivity index (χ3v) is 4.90. The molecule has 2 aliphatic rings. The molecule has 1 spiro atoms. The lowest BCUT2D eigenvalue weighted by Gasteiger charge is -2.35. The van der Waals surface area contributed by atoms with E-state index >= 15 is 0 Å². The van der Waals surface area contributed by atoms with E-state index in [2.05, 4.69) is 11.4 Å². The molecule has 0 atom stereocenters. The summed E-state index contributed by atoms with van der Waals surface area (Å²) in [6, 6.07) is 8.46. The van der Waals surface area contributed by atoms with Gasteiger partial charge in [0.2, 0.25) is 0 Å². The van der Waals surface area contributed by atoms with E-state index in [9.17, 15) is 0 Å². The highest BCUT2D eigenvalue weighted by Gasteiger charge is 2.40. The Hall–Kier alpha value is -1.56. The first-order valence-electron chi connectivity index (χ1n) is 8.34. The van der Waals surface area contributed by atoms with Crippen molar-refractivity contribution in [2.75, 3.05) is 20.3 Å². The van der Waals surface area contributed by atoms with Crippen molar-refractivity contribution in [2.45, 2.75) is 44.1 Å². The summed E-state index contributed by atoms with van der Waals surface area (Å²) in [6.07, 6.45) is 4.10. The molecule has 2 fully saturated rings. The van der Waals surface area contributed by atoms with Gasteiger partial charge in [0.25, 0.3) is 0 Å². The third-order valence-electron chi connectivity index (χ3n) is 4.90. The van der Waals surface area contributed by atoms with Crippen LogP contribution in [0.1, 0.15) is 31.4 Å². The molecule has 5 nitrogen and oxygen atoms in total. The fourth-order valence-electron chi connectivity index (χ4n) is 3.58. The standard InChI is InChI=1S/C18H23NO4/c1-20-15-2-3-17-13(10-15)11-16(23-17)12-19-14-4-6-18(7-5-14)21-8-9-22-18/h2-3,10-11,14,19H,4-9,12H2,1H3. The van der Waals surface area contributed by atoms with Crippen LogP contribution in [0.5, 0.6) is 5.75 Å². The monoisotopic (exact) mass is 317 g/mol. The summed E-state index contributed by atoms with van der Waals surface area (Å²) in [5.74, 6) is 1.53. The number of rotatable bonds is 4. The highest BCUT2D eigenvalue weighted by Crippen LogP contribution is 2.35. The van der Waals surface area contributed by atoms with Crippen LogP contribution in [0.15, 0.2) is 28.7 Å². The second-order valence-corrected chi connectivity index (χ2v) is 6.38. The van der Waals surface area contributed by atoms with Gasteiger partial charge in [-0.05, 0) is 37.1 Å². The molecule has 0 amide bonds. The molecule has 1 aliphatic heterocycles. The highest BCUT2D eigenvalue weighted by atomic mass is 16.7. The number of hydrogen-bond acceptors (Lipinski definition) is 5. The van der Waals surface area contributed by atoms with Crippen molar-refractivity contribution in [1.29, 1.82) is 0 Å². The largest absolute Gasteiger partial charge is 0.497 e. The lowest BCUT2D eigenvalue weighted by Crippen LogP contribution is -2.41. The number of furan rings is 1. The summed E-state index contributed by atoms with van der Waals surface area (Å²) in [6.45, 7) is 2.22. The summed E-state index contributed by atoms with van der Waals surface area (Å²) >= 11 is 0. The summed E-state index contributed by atoms with van der Waals surface area (Å²) in [5.41, 5.74) is 0.901. The molecule has 4 rings (SSSR count). The molecule has 1 aliphatic carbocycles. The number of methoxy groups -OCH3 is 1. The molecule has 23 heavy (non-hydrogen) atoms. The number of benzene rings is 1. The normalized spacial score (nSPS) is 21.3. The predicted molar refractivity (Wildman–Crippen MR) is 86.5 cm³/mol. The zero-order valence-corrected chi connectivity index (χ0v) is 13.5. The minimum absolute atomic E-state index is 0.284. The molecule has 2 heterocycles. The third kappa shape index (κ3) is 3.09. The molecule has 0 bridgehead atoms. The molecule has 1 N–H and O–H groups in total. The van der Waals surface area contributed by atoms with Gasteiger partial charge in [-0.15, -0.1) is 0 Å². The van der Waals surface area contributed by atoms with Crippen LogP contribution in [0.4, 0.5) is 0 Å². The number of fused-ring (bicyclic) bond motifs is 1. The molecule has 1 saturated heterocycles. The Morgan fingerprint density at radius 3 is 2.70 bits per heavy atom. The van der Waals surface area contributed by atoms with Gasteiger partial charge >= 0.3 is 0 Å². The van der Waals surface area contributed by atoms with Crippen molar-refractivity contribution in [3.8, 4) is 5.75 Å². The van der Waals surface area contributed by atoms with Crippen LogP contribution in [0.3, 0.4) is 0 Å². The summed E-state index contributed by atoms with van der Waals surface area (Å²) < 4.78 is 22.7. The number of nitrogens with one attached hydrogen (secondary N) is 1. The van der Waals surface area contributed by atoms with Gasteiger partial charge in [0.1, 0.15) is 17.1 Å². The first-order chi connectivity index (χ1) is 11.3. The summed E-state index contributed by atoms with van der Waals surface area (Å²) in [4.78, 5) is 0. The van der Waals surface area contributed by atoms with Crippen molar-refractivity contribution in [3.63, 3.8) is 0 Å². The van der Waals surface area contributed by atoms with E-state index in [0.717, 1.165) is 67.9 Å². The molecule has 1 aromatic heterocycles. The smallest absolute Gasteiger partial charge is 0.168 e. The van der Waals surface area contributed by atoms with Crippen molar-refractivity contribution in [3.05, 3.63) is 30.0 Å². The molecule has 1 aromatic carbocycles. The Balaban J connectivity index is 1.34. The molecule has 0 radical (unpaired) electrons. The van der Waals surface area contributed by atoms with Gasteiger partial charge in [-0.3, -0.25) is 0 Å². The van der Waals surface area contributed by atoms with Crippen molar-refractivity contribution < 1.29 is 18.6 Å². The maximum absolute atomic E-state index is 5.88. The Morgan fingerprint density at radius 1 is 1.17 bits per heavy atom. The molecular formula is C18H23NO4. The molecule has 0 unspecified atom stereocenters. The van der Waals surface area contributed by atoms with Crippen molar-refractivity contribution in [1.82, 2.24) is 5.32 Å². The van der Waals surface area contributed by atoms with Gasteiger partial charge in [0, 0.05) is 24.3 Å². The first-order valence-corrected chi connectivity index (χ1v) is 8.34. The molecule has 5 heteroatoms. The first kappa shape index (κ1) is 15.0. The van der Waals surface area contributed by atoms with Crippen LogP contribution in [-0.4, -0.2) is 32.2 Å². The van der Waals surface area contributed by atoms with Crippen LogP contribution in [0.2, 0.25) is 0 Å². The van der Waals surface area contributed by atoms with Crippen molar-refractivity contribution >= 4 is 11.0 Å². The zero-order chi connectivity index (χ0) is 15.7. The van der Waals surface area contributed by atoms with Gasteiger partial charge in [0.05, 0.1) is 26.9 Å². The Morgan fingerprint density at radius 2 is 1.96 bits per heavy atom. The SMILES string of the molecule is COc1ccc2oc(CNC3CCC4(CC3)OCCO4)cc2c1. The second kappa shape index (κ2) is 6.15. The topological polar surface area (TPSA) is 52.9 Å². The van der Waals surface area contributed by atoms with Gasteiger partial charge < -0.3 is 23.9 Å². The van der Waals surface area contributed by atoms with Gasteiger partial charge in [-0.2, -0.15) is 0 Å². The van der Waals surface area contributed by atoms with E-state index in [4.69, 9.17) is 18.6 Å². The predicted octanol–water partition coefficient (Wildman–Crippen LogP) is 3.22. The van der Waals surface area contributed by atoms with Crippen LogP contribution in [-0.2, 0) is 16.0 Å². The maximum atomic E-state index is 5.88. The van der Waals surface area contributed by atoms with Gasteiger partial charge in [-0.1, -0.05) is 0 Å². The summed E-state index contributed by atoms with van der Waals surface area (Å²) in [5, 5.41) is 4.68. The molecular weight excluding hydrogens is 294 g/mol. The average molecular weight is 317 g/mol. The minimum Gasteiger partial charge on any atom is -0.497 e. The van der Waals surface area contributed by atoms with Crippen LogP contribution in [0, 0.1) is 0 Å². The second-order valence-electron chi connectivity index (χ2n) is 6.38. The van der Waals surface area contributed by atoms with Gasteiger partial charge in [-0.25, -0.2) is 0 Å². The van der Waals surface area contributed by atoms with Crippen LogP contribution < -0.4 is 10.1 Å². The Labute approximate surface area is 135 Å². The van der Waals surface area contributed by atoms with Gasteiger partial charge in [0.15, 0.2) is 5.79 Å². The van der Waals surface area contributed by atoms with Crippen molar-refractivity contribution in [2.24, 2.45) is 0 Å². The quantitative estimate of drug-likeness (QED) is 0.938. The van der Waals surface area contributed by atoms with E-state index in [1.54, 1.807) is 7.11 Å². The lowest BCUT2D eigenvalue weighted by molar-refractivity contribution is -0.179. The Kier molecular flexibility index (Phi) is 4.01. The summed E-state index contributed by atoms with van der Waals surface area (Å²) in [7, 11) is 1.68. The van der Waals surface area contributed by atoms with E-state index in [0.29, 0.717) is 6.04 Å². The van der Waals surface area contributed by atoms with Crippen LogP contribution in [0.25, 0.3) is 11.0 Å². The van der Waals surface area contributed by atoms with E-state index in [1.165, 1.54) is 0 Å². The minimum atomic E-state index is -0.284. The fraction of sp³-hybridized carbons (Fsp3) is 0.556.